The van der Waals surface area contributed by atoms with Gasteiger partial charge < -0.3 is 10.1 Å². The topological polar surface area (TPSA) is 38.3 Å². The van der Waals surface area contributed by atoms with E-state index in [4.69, 9.17) is 4.74 Å². The molecule has 1 saturated carbocycles. The van der Waals surface area contributed by atoms with Gasteiger partial charge in [0.25, 0.3) is 0 Å². The van der Waals surface area contributed by atoms with Crippen LogP contribution in [0.25, 0.3) is 0 Å². The lowest BCUT2D eigenvalue weighted by atomic mass is 9.83. The second kappa shape index (κ2) is 7.78. The average molecular weight is 255 g/mol. The minimum absolute atomic E-state index is 0.118. The smallest absolute Gasteiger partial charge is 0.322 e. The monoisotopic (exact) mass is 255 g/mol. The SMILES string of the molecule is COC(=O)C(CC(C)C)NCC1CCC(C)CC1. The van der Waals surface area contributed by atoms with Crippen LogP contribution < -0.4 is 5.32 Å². The molecule has 1 aliphatic rings. The summed E-state index contributed by atoms with van der Waals surface area (Å²) in [6, 6.07) is -0.130. The highest BCUT2D eigenvalue weighted by molar-refractivity contribution is 5.75. The van der Waals surface area contributed by atoms with E-state index in [1.54, 1.807) is 0 Å². The van der Waals surface area contributed by atoms with Crippen molar-refractivity contribution in [1.82, 2.24) is 5.32 Å². The van der Waals surface area contributed by atoms with Crippen molar-refractivity contribution in [3.63, 3.8) is 0 Å². The van der Waals surface area contributed by atoms with Crippen molar-refractivity contribution in [1.29, 1.82) is 0 Å². The normalized spacial score (nSPS) is 26.1. The fourth-order valence-corrected chi connectivity index (χ4v) is 2.72. The molecule has 0 aliphatic heterocycles. The predicted molar refractivity (Wildman–Crippen MR) is 74.4 cm³/mol. The van der Waals surface area contributed by atoms with Crippen LogP contribution in [0, 0.1) is 17.8 Å². The van der Waals surface area contributed by atoms with Crippen molar-refractivity contribution < 1.29 is 9.53 Å². The van der Waals surface area contributed by atoms with Gasteiger partial charge in [-0.3, -0.25) is 4.79 Å². The molecule has 3 heteroatoms. The van der Waals surface area contributed by atoms with Gasteiger partial charge in [0.2, 0.25) is 0 Å². The molecular formula is C15H29NO2. The Bertz CT molecular complexity index is 245. The second-order valence-electron chi connectivity index (χ2n) is 6.24. The Labute approximate surface area is 112 Å². The maximum Gasteiger partial charge on any atom is 0.322 e. The molecule has 0 spiro atoms. The van der Waals surface area contributed by atoms with E-state index >= 15 is 0 Å². The number of esters is 1. The summed E-state index contributed by atoms with van der Waals surface area (Å²) in [7, 11) is 1.47. The van der Waals surface area contributed by atoms with E-state index in [0.717, 1.165) is 24.8 Å². The molecule has 0 bridgehead atoms. The molecule has 1 unspecified atom stereocenters. The molecule has 0 heterocycles. The van der Waals surface area contributed by atoms with Crippen molar-refractivity contribution in [2.75, 3.05) is 13.7 Å². The zero-order chi connectivity index (χ0) is 13.5. The molecule has 1 aliphatic carbocycles. The molecular weight excluding hydrogens is 226 g/mol. The number of ether oxygens (including phenoxy) is 1. The van der Waals surface area contributed by atoms with Crippen molar-refractivity contribution in [3.05, 3.63) is 0 Å². The van der Waals surface area contributed by atoms with E-state index in [-0.39, 0.29) is 12.0 Å². The van der Waals surface area contributed by atoms with E-state index in [1.165, 1.54) is 32.8 Å². The van der Waals surface area contributed by atoms with E-state index < -0.39 is 0 Å². The highest BCUT2D eigenvalue weighted by atomic mass is 16.5. The minimum Gasteiger partial charge on any atom is -0.468 e. The van der Waals surface area contributed by atoms with Gasteiger partial charge in [-0.05, 0) is 43.6 Å². The Morgan fingerprint density at radius 2 is 1.89 bits per heavy atom. The van der Waals surface area contributed by atoms with Crippen LogP contribution in [0.1, 0.15) is 52.9 Å². The van der Waals surface area contributed by atoms with E-state index in [1.807, 2.05) is 0 Å². The fourth-order valence-electron chi connectivity index (χ4n) is 2.72. The summed E-state index contributed by atoms with van der Waals surface area (Å²) in [5, 5.41) is 3.41. The first-order valence-electron chi connectivity index (χ1n) is 7.34. The molecule has 18 heavy (non-hydrogen) atoms. The van der Waals surface area contributed by atoms with Crippen LogP contribution >= 0.6 is 0 Å². The van der Waals surface area contributed by atoms with Gasteiger partial charge in [0.1, 0.15) is 6.04 Å². The van der Waals surface area contributed by atoms with Crippen molar-refractivity contribution in [2.45, 2.75) is 58.9 Å². The predicted octanol–water partition coefficient (Wildman–Crippen LogP) is 2.99. The Morgan fingerprint density at radius 1 is 1.28 bits per heavy atom. The standard InChI is InChI=1S/C15H29NO2/c1-11(2)9-14(15(17)18-4)16-10-13-7-5-12(3)6-8-13/h11-14,16H,5-10H2,1-4H3. The van der Waals surface area contributed by atoms with Gasteiger partial charge >= 0.3 is 5.97 Å². The molecule has 1 fully saturated rings. The number of nitrogens with one attached hydrogen (secondary N) is 1. The summed E-state index contributed by atoms with van der Waals surface area (Å²) in [5.74, 6) is 2.01. The summed E-state index contributed by atoms with van der Waals surface area (Å²) in [4.78, 5) is 11.7. The fraction of sp³-hybridized carbons (Fsp3) is 0.933. The first kappa shape index (κ1) is 15.5. The minimum atomic E-state index is -0.130. The molecule has 1 rings (SSSR count). The lowest BCUT2D eigenvalue weighted by molar-refractivity contribution is -0.143. The lowest BCUT2D eigenvalue weighted by Crippen LogP contribution is -2.41. The third kappa shape index (κ3) is 5.38. The Hall–Kier alpha value is -0.570. The van der Waals surface area contributed by atoms with E-state index in [9.17, 15) is 4.79 Å². The molecule has 0 aromatic rings. The van der Waals surface area contributed by atoms with Gasteiger partial charge in [-0.2, -0.15) is 0 Å². The molecule has 3 nitrogen and oxygen atoms in total. The molecule has 0 aromatic carbocycles. The number of hydrogen-bond acceptors (Lipinski definition) is 3. The maximum absolute atomic E-state index is 11.7. The molecule has 0 saturated heterocycles. The van der Waals surface area contributed by atoms with Gasteiger partial charge in [0, 0.05) is 0 Å². The molecule has 106 valence electrons. The molecule has 0 radical (unpaired) electrons. The average Bonchev–Trinajstić information content (AvgIpc) is 2.35. The number of carbonyl (C=O) groups is 1. The summed E-state index contributed by atoms with van der Waals surface area (Å²) in [6.07, 6.45) is 6.11. The van der Waals surface area contributed by atoms with Gasteiger partial charge in [0.05, 0.1) is 7.11 Å². The summed E-state index contributed by atoms with van der Waals surface area (Å²) in [6.45, 7) is 7.57. The number of hydrogen-bond donors (Lipinski definition) is 1. The van der Waals surface area contributed by atoms with Gasteiger partial charge in [0.15, 0.2) is 0 Å². The molecule has 0 aromatic heterocycles. The highest BCUT2D eigenvalue weighted by Crippen LogP contribution is 2.27. The Morgan fingerprint density at radius 3 is 2.39 bits per heavy atom. The number of methoxy groups -OCH3 is 1. The summed E-state index contributed by atoms with van der Waals surface area (Å²) < 4.78 is 4.87. The lowest BCUT2D eigenvalue weighted by Gasteiger charge is -2.28. The third-order valence-corrected chi connectivity index (χ3v) is 3.98. The van der Waals surface area contributed by atoms with Gasteiger partial charge in [-0.15, -0.1) is 0 Å². The van der Waals surface area contributed by atoms with Crippen LogP contribution in [0.5, 0.6) is 0 Å². The quantitative estimate of drug-likeness (QED) is 0.742. The first-order valence-corrected chi connectivity index (χ1v) is 7.34. The van der Waals surface area contributed by atoms with Crippen LogP contribution in [0.2, 0.25) is 0 Å². The number of carbonyl (C=O) groups excluding carboxylic acids is 1. The van der Waals surface area contributed by atoms with Crippen LogP contribution in [0.15, 0.2) is 0 Å². The molecule has 0 amide bonds. The van der Waals surface area contributed by atoms with Crippen LogP contribution in [-0.2, 0) is 9.53 Å². The van der Waals surface area contributed by atoms with E-state index in [0.29, 0.717) is 5.92 Å². The summed E-state index contributed by atoms with van der Waals surface area (Å²) >= 11 is 0. The molecule has 1 atom stereocenters. The summed E-state index contributed by atoms with van der Waals surface area (Å²) in [5.41, 5.74) is 0. The van der Waals surface area contributed by atoms with E-state index in [2.05, 4.69) is 26.1 Å². The zero-order valence-corrected chi connectivity index (χ0v) is 12.4. The largest absolute Gasteiger partial charge is 0.468 e. The van der Waals surface area contributed by atoms with Crippen LogP contribution in [-0.4, -0.2) is 25.7 Å². The first-order chi connectivity index (χ1) is 8.52. The van der Waals surface area contributed by atoms with Crippen LogP contribution in [0.4, 0.5) is 0 Å². The van der Waals surface area contributed by atoms with Gasteiger partial charge in [-0.1, -0.05) is 33.6 Å². The highest BCUT2D eigenvalue weighted by Gasteiger charge is 2.23. The Balaban J connectivity index is 2.34. The van der Waals surface area contributed by atoms with Crippen molar-refractivity contribution in [3.8, 4) is 0 Å². The van der Waals surface area contributed by atoms with Crippen LogP contribution in [0.3, 0.4) is 0 Å². The van der Waals surface area contributed by atoms with Gasteiger partial charge in [-0.25, -0.2) is 0 Å². The third-order valence-electron chi connectivity index (χ3n) is 3.98. The zero-order valence-electron chi connectivity index (χ0n) is 12.4. The number of rotatable bonds is 6. The van der Waals surface area contributed by atoms with Crippen molar-refractivity contribution in [2.24, 2.45) is 17.8 Å². The molecule has 1 N–H and O–H groups in total. The Kier molecular flexibility index (Phi) is 6.69. The second-order valence-corrected chi connectivity index (χ2v) is 6.24. The van der Waals surface area contributed by atoms with Crippen molar-refractivity contribution >= 4 is 5.97 Å². The maximum atomic E-state index is 11.7.